The Balaban J connectivity index is 1.99. The lowest BCUT2D eigenvalue weighted by atomic mass is 9.93. The van der Waals surface area contributed by atoms with Gasteiger partial charge in [-0.15, -0.1) is 0 Å². The van der Waals surface area contributed by atoms with Gasteiger partial charge in [-0.1, -0.05) is 30.3 Å². The summed E-state index contributed by atoms with van der Waals surface area (Å²) in [4.78, 5) is 0. The van der Waals surface area contributed by atoms with Crippen LogP contribution in [0.5, 0.6) is 5.75 Å². The molecule has 0 radical (unpaired) electrons. The summed E-state index contributed by atoms with van der Waals surface area (Å²) in [6.07, 6.45) is 4.62. The maximum absolute atomic E-state index is 5.61. The van der Waals surface area contributed by atoms with E-state index < -0.39 is 0 Å². The molecular formula is C20H20N2O. The molecule has 0 unspecified atom stereocenters. The molecule has 0 atom stereocenters. The van der Waals surface area contributed by atoms with Crippen molar-refractivity contribution in [3.8, 4) is 22.7 Å². The van der Waals surface area contributed by atoms with Crippen LogP contribution in [0, 0.1) is 0 Å². The molecule has 0 aliphatic heterocycles. The van der Waals surface area contributed by atoms with Gasteiger partial charge < -0.3 is 4.74 Å². The van der Waals surface area contributed by atoms with Gasteiger partial charge >= 0.3 is 0 Å². The van der Waals surface area contributed by atoms with Gasteiger partial charge in [0.2, 0.25) is 0 Å². The van der Waals surface area contributed by atoms with Crippen LogP contribution in [0.4, 0.5) is 0 Å². The maximum atomic E-state index is 5.61. The minimum atomic E-state index is 0.901. The lowest BCUT2D eigenvalue weighted by molar-refractivity contribution is 0.416. The highest BCUT2D eigenvalue weighted by atomic mass is 16.5. The Morgan fingerprint density at radius 2 is 1.65 bits per heavy atom. The first kappa shape index (κ1) is 14.1. The number of aryl methyl sites for hydroxylation is 1. The first-order valence-corrected chi connectivity index (χ1v) is 8.18. The predicted octanol–water partition coefficient (Wildman–Crippen LogP) is 4.43. The van der Waals surface area contributed by atoms with Crippen LogP contribution in [0.1, 0.15) is 24.1 Å². The summed E-state index contributed by atoms with van der Waals surface area (Å²) in [5.74, 6) is 0.901. The van der Waals surface area contributed by atoms with Crippen molar-refractivity contribution in [3.05, 3.63) is 65.9 Å². The maximum Gasteiger partial charge on any atom is 0.128 e. The zero-order chi connectivity index (χ0) is 15.6. The van der Waals surface area contributed by atoms with E-state index in [1.165, 1.54) is 29.8 Å². The van der Waals surface area contributed by atoms with Gasteiger partial charge in [0.25, 0.3) is 0 Å². The van der Waals surface area contributed by atoms with Crippen molar-refractivity contribution in [3.63, 3.8) is 0 Å². The molecule has 2 aromatic carbocycles. The van der Waals surface area contributed by atoms with Crippen LogP contribution >= 0.6 is 0 Å². The second kappa shape index (κ2) is 5.92. The van der Waals surface area contributed by atoms with Gasteiger partial charge in [0.1, 0.15) is 5.75 Å². The molecule has 1 aromatic heterocycles. The SMILES string of the molecule is COc1ccccc1-c1c2c(nn1-c1ccccc1)CCCC2. The lowest BCUT2D eigenvalue weighted by Gasteiger charge is -2.14. The number of hydrogen-bond acceptors (Lipinski definition) is 2. The molecular weight excluding hydrogens is 284 g/mol. The van der Waals surface area contributed by atoms with E-state index >= 15 is 0 Å². The highest BCUT2D eigenvalue weighted by Crippen LogP contribution is 2.37. The molecule has 1 aliphatic rings. The molecule has 0 N–H and O–H groups in total. The summed E-state index contributed by atoms with van der Waals surface area (Å²) in [5.41, 5.74) is 6.02. The van der Waals surface area contributed by atoms with Crippen molar-refractivity contribution in [1.82, 2.24) is 9.78 Å². The van der Waals surface area contributed by atoms with E-state index in [2.05, 4.69) is 41.1 Å². The summed E-state index contributed by atoms with van der Waals surface area (Å²) in [5, 5.41) is 4.93. The number of nitrogens with zero attached hydrogens (tertiary/aromatic N) is 2. The average Bonchev–Trinajstić information content (AvgIpc) is 3.02. The van der Waals surface area contributed by atoms with Crippen LogP contribution < -0.4 is 4.74 Å². The number of methoxy groups -OCH3 is 1. The van der Waals surface area contributed by atoms with Crippen LogP contribution in [-0.4, -0.2) is 16.9 Å². The fourth-order valence-corrected chi connectivity index (χ4v) is 3.43. The van der Waals surface area contributed by atoms with Crippen molar-refractivity contribution >= 4 is 0 Å². The molecule has 0 saturated carbocycles. The summed E-state index contributed by atoms with van der Waals surface area (Å²) in [7, 11) is 1.73. The van der Waals surface area contributed by atoms with Crippen LogP contribution in [0.15, 0.2) is 54.6 Å². The second-order valence-corrected chi connectivity index (χ2v) is 5.93. The number of hydrogen-bond donors (Lipinski definition) is 0. The Morgan fingerprint density at radius 3 is 2.48 bits per heavy atom. The van der Waals surface area contributed by atoms with E-state index in [0.717, 1.165) is 29.8 Å². The van der Waals surface area contributed by atoms with Crippen molar-refractivity contribution in [1.29, 1.82) is 0 Å². The normalized spacial score (nSPS) is 13.6. The molecule has 3 heteroatoms. The molecule has 23 heavy (non-hydrogen) atoms. The van der Waals surface area contributed by atoms with Crippen molar-refractivity contribution in [2.75, 3.05) is 7.11 Å². The number of ether oxygens (including phenoxy) is 1. The van der Waals surface area contributed by atoms with Gasteiger partial charge in [-0.3, -0.25) is 0 Å². The van der Waals surface area contributed by atoms with E-state index in [0.29, 0.717) is 0 Å². The van der Waals surface area contributed by atoms with Crippen molar-refractivity contribution < 1.29 is 4.74 Å². The van der Waals surface area contributed by atoms with Gasteiger partial charge in [0.05, 0.1) is 24.2 Å². The molecule has 3 nitrogen and oxygen atoms in total. The van der Waals surface area contributed by atoms with Gasteiger partial charge in [-0.25, -0.2) is 4.68 Å². The summed E-state index contributed by atoms with van der Waals surface area (Å²) in [6, 6.07) is 18.6. The zero-order valence-corrected chi connectivity index (χ0v) is 13.3. The highest BCUT2D eigenvalue weighted by molar-refractivity contribution is 5.73. The molecule has 0 saturated heterocycles. The molecule has 3 aromatic rings. The van der Waals surface area contributed by atoms with E-state index in [-0.39, 0.29) is 0 Å². The van der Waals surface area contributed by atoms with Crippen LogP contribution in [0.25, 0.3) is 16.9 Å². The largest absolute Gasteiger partial charge is 0.496 e. The van der Waals surface area contributed by atoms with Gasteiger partial charge in [0, 0.05) is 11.1 Å². The quantitative estimate of drug-likeness (QED) is 0.716. The van der Waals surface area contributed by atoms with Crippen molar-refractivity contribution in [2.24, 2.45) is 0 Å². The highest BCUT2D eigenvalue weighted by Gasteiger charge is 2.24. The molecule has 0 bridgehead atoms. The monoisotopic (exact) mass is 304 g/mol. The Labute approximate surface area is 136 Å². The predicted molar refractivity (Wildman–Crippen MR) is 92.2 cm³/mol. The van der Waals surface area contributed by atoms with Crippen LogP contribution in [0.3, 0.4) is 0 Å². The first-order valence-electron chi connectivity index (χ1n) is 8.18. The number of rotatable bonds is 3. The third kappa shape index (κ3) is 2.42. The third-order valence-corrected chi connectivity index (χ3v) is 4.52. The number of benzene rings is 2. The topological polar surface area (TPSA) is 27.1 Å². The number of para-hydroxylation sites is 2. The molecule has 1 aliphatic carbocycles. The molecule has 116 valence electrons. The van der Waals surface area contributed by atoms with Gasteiger partial charge in [0.15, 0.2) is 0 Å². The average molecular weight is 304 g/mol. The summed E-state index contributed by atoms with van der Waals surface area (Å²) in [6.45, 7) is 0. The minimum absolute atomic E-state index is 0.901. The van der Waals surface area contributed by atoms with Gasteiger partial charge in [-0.2, -0.15) is 5.10 Å². The molecule has 0 fully saturated rings. The molecule has 1 heterocycles. The van der Waals surface area contributed by atoms with E-state index in [4.69, 9.17) is 9.84 Å². The molecule has 0 amide bonds. The molecule has 4 rings (SSSR count). The lowest BCUT2D eigenvalue weighted by Crippen LogP contribution is -2.02. The van der Waals surface area contributed by atoms with Crippen LogP contribution in [-0.2, 0) is 12.8 Å². The Morgan fingerprint density at radius 1 is 0.913 bits per heavy atom. The van der Waals surface area contributed by atoms with Gasteiger partial charge in [-0.05, 0) is 49.9 Å². The third-order valence-electron chi connectivity index (χ3n) is 4.52. The summed E-state index contributed by atoms with van der Waals surface area (Å²) < 4.78 is 7.70. The second-order valence-electron chi connectivity index (χ2n) is 5.93. The van der Waals surface area contributed by atoms with E-state index in [1.807, 2.05) is 18.2 Å². The van der Waals surface area contributed by atoms with Crippen molar-refractivity contribution in [2.45, 2.75) is 25.7 Å². The number of fused-ring (bicyclic) bond motifs is 1. The Hall–Kier alpha value is -2.55. The van der Waals surface area contributed by atoms with Crippen LogP contribution in [0.2, 0.25) is 0 Å². The Bertz CT molecular complexity index is 821. The smallest absolute Gasteiger partial charge is 0.128 e. The minimum Gasteiger partial charge on any atom is -0.496 e. The summed E-state index contributed by atoms with van der Waals surface area (Å²) >= 11 is 0. The molecule has 0 spiro atoms. The Kier molecular flexibility index (Phi) is 3.62. The fourth-order valence-electron chi connectivity index (χ4n) is 3.43. The zero-order valence-electron chi connectivity index (χ0n) is 13.3. The first-order chi connectivity index (χ1) is 11.4. The number of aromatic nitrogens is 2. The van der Waals surface area contributed by atoms with E-state index in [9.17, 15) is 0 Å². The fraction of sp³-hybridized carbons (Fsp3) is 0.250. The van der Waals surface area contributed by atoms with E-state index in [1.54, 1.807) is 7.11 Å². The standard InChI is InChI=1S/C20H20N2O/c1-23-19-14-8-6-12-17(19)20-16-11-5-7-13-18(16)21-22(20)15-9-3-2-4-10-15/h2-4,6,8-10,12,14H,5,7,11,13H2,1H3.